The molecule has 0 aliphatic heterocycles. The fourth-order valence-electron chi connectivity index (χ4n) is 1.37. The van der Waals surface area contributed by atoms with Crippen LogP contribution in [-0.2, 0) is 4.79 Å². The molecule has 60 valence electrons. The fourth-order valence-corrected chi connectivity index (χ4v) is 1.37. The summed E-state index contributed by atoms with van der Waals surface area (Å²) >= 11 is 0. The predicted molar refractivity (Wildman–Crippen MR) is 46.3 cm³/mol. The van der Waals surface area contributed by atoms with Gasteiger partial charge < -0.3 is 0 Å². The van der Waals surface area contributed by atoms with Gasteiger partial charge in [-0.15, -0.1) is 0 Å². The Kier molecular flexibility index (Phi) is 1.99. The third-order valence-corrected chi connectivity index (χ3v) is 2.02. The maximum absolute atomic E-state index is 11.4. The van der Waals surface area contributed by atoms with Gasteiger partial charge in [0.2, 0.25) is 0 Å². The average Bonchev–Trinajstić information content (AvgIpc) is 1.93. The summed E-state index contributed by atoms with van der Waals surface area (Å²) in [6.45, 7) is 6.04. The molecule has 1 heteroatoms. The molecule has 1 aliphatic rings. The third kappa shape index (κ3) is 1.79. The maximum Gasteiger partial charge on any atom is 0.161 e. The van der Waals surface area contributed by atoms with Crippen LogP contribution in [0.2, 0.25) is 0 Å². The minimum atomic E-state index is -0.201. The van der Waals surface area contributed by atoms with Gasteiger partial charge in [0.25, 0.3) is 0 Å². The van der Waals surface area contributed by atoms with E-state index < -0.39 is 0 Å². The van der Waals surface area contributed by atoms with Crippen LogP contribution in [0.3, 0.4) is 0 Å². The number of allylic oxidation sites excluding steroid dienone is 4. The van der Waals surface area contributed by atoms with Gasteiger partial charge in [-0.1, -0.05) is 31.6 Å². The second-order valence-corrected chi connectivity index (χ2v) is 3.80. The molecular formula is C10H14O. The zero-order valence-corrected chi connectivity index (χ0v) is 7.35. The lowest BCUT2D eigenvalue weighted by Crippen LogP contribution is -2.21. The van der Waals surface area contributed by atoms with Gasteiger partial charge in [-0.2, -0.15) is 0 Å². The molecule has 0 aromatic rings. The van der Waals surface area contributed by atoms with E-state index in [-0.39, 0.29) is 11.2 Å². The summed E-state index contributed by atoms with van der Waals surface area (Å²) in [5, 5.41) is 0. The molecule has 0 unspecified atom stereocenters. The Morgan fingerprint density at radius 3 is 2.73 bits per heavy atom. The average molecular weight is 150 g/mol. The smallest absolute Gasteiger partial charge is 0.161 e. The van der Waals surface area contributed by atoms with Crippen LogP contribution in [0.15, 0.2) is 23.8 Å². The monoisotopic (exact) mass is 150 g/mol. The van der Waals surface area contributed by atoms with Gasteiger partial charge in [0, 0.05) is 5.41 Å². The summed E-state index contributed by atoms with van der Waals surface area (Å²) in [5.74, 6) is 0.227. The first-order valence-corrected chi connectivity index (χ1v) is 3.91. The van der Waals surface area contributed by atoms with E-state index in [0.717, 1.165) is 6.42 Å². The van der Waals surface area contributed by atoms with Crippen molar-refractivity contribution in [2.24, 2.45) is 5.41 Å². The Morgan fingerprint density at radius 2 is 2.09 bits per heavy atom. The number of carbonyl (C=O) groups is 1. The van der Waals surface area contributed by atoms with Crippen molar-refractivity contribution in [1.82, 2.24) is 0 Å². The maximum atomic E-state index is 11.4. The van der Waals surface area contributed by atoms with Crippen LogP contribution in [0.5, 0.6) is 0 Å². The first kappa shape index (κ1) is 8.25. The number of carbonyl (C=O) groups excluding carboxylic acids is 1. The molecule has 0 spiro atoms. The molecule has 0 atom stereocenters. The lowest BCUT2D eigenvalue weighted by Gasteiger charge is -2.19. The molecule has 1 rings (SSSR count). The molecule has 0 saturated heterocycles. The van der Waals surface area contributed by atoms with Crippen molar-refractivity contribution in [3.8, 4) is 0 Å². The van der Waals surface area contributed by atoms with Crippen molar-refractivity contribution >= 4 is 5.78 Å². The fraction of sp³-hybridized carbons (Fsp3) is 0.500. The van der Waals surface area contributed by atoms with Crippen LogP contribution >= 0.6 is 0 Å². The van der Waals surface area contributed by atoms with Crippen LogP contribution in [0.4, 0.5) is 0 Å². The Hall–Kier alpha value is -0.850. The second-order valence-electron chi connectivity index (χ2n) is 3.80. The van der Waals surface area contributed by atoms with Crippen molar-refractivity contribution in [3.63, 3.8) is 0 Å². The zero-order chi connectivity index (χ0) is 8.48. The molecule has 0 aromatic carbocycles. The molecule has 1 nitrogen and oxygen atoms in total. The summed E-state index contributed by atoms with van der Waals surface area (Å²) < 4.78 is 0. The van der Waals surface area contributed by atoms with E-state index in [4.69, 9.17) is 0 Å². The van der Waals surface area contributed by atoms with Gasteiger partial charge in [-0.25, -0.2) is 0 Å². The SMILES string of the molecule is CC1=CC=CC(=O)C(C)(C)C1. The van der Waals surface area contributed by atoms with Gasteiger partial charge in [0.05, 0.1) is 0 Å². The molecule has 11 heavy (non-hydrogen) atoms. The molecule has 0 amide bonds. The first-order chi connectivity index (χ1) is 5.02. The van der Waals surface area contributed by atoms with Gasteiger partial charge >= 0.3 is 0 Å². The van der Waals surface area contributed by atoms with Gasteiger partial charge in [0.15, 0.2) is 5.78 Å². The topological polar surface area (TPSA) is 17.1 Å². The molecule has 0 heterocycles. The van der Waals surface area contributed by atoms with Crippen LogP contribution in [0, 0.1) is 5.41 Å². The molecule has 0 saturated carbocycles. The number of ketones is 1. The highest BCUT2D eigenvalue weighted by atomic mass is 16.1. The van der Waals surface area contributed by atoms with Gasteiger partial charge in [-0.3, -0.25) is 4.79 Å². The molecule has 0 bridgehead atoms. The van der Waals surface area contributed by atoms with E-state index in [1.54, 1.807) is 6.08 Å². The highest BCUT2D eigenvalue weighted by Crippen LogP contribution is 2.28. The Morgan fingerprint density at radius 1 is 1.45 bits per heavy atom. The Balaban J connectivity index is 2.93. The summed E-state index contributed by atoms with van der Waals surface area (Å²) in [4.78, 5) is 11.4. The minimum absolute atomic E-state index is 0.201. The normalized spacial score (nSPS) is 22.8. The van der Waals surface area contributed by atoms with Crippen LogP contribution in [-0.4, -0.2) is 5.78 Å². The predicted octanol–water partition coefficient (Wildman–Crippen LogP) is 2.49. The molecule has 0 aromatic heterocycles. The van der Waals surface area contributed by atoms with Crippen molar-refractivity contribution < 1.29 is 4.79 Å². The van der Waals surface area contributed by atoms with Crippen LogP contribution < -0.4 is 0 Å². The lowest BCUT2D eigenvalue weighted by molar-refractivity contribution is -0.122. The summed E-state index contributed by atoms with van der Waals surface area (Å²) in [7, 11) is 0. The second kappa shape index (κ2) is 2.65. The summed E-state index contributed by atoms with van der Waals surface area (Å²) in [6, 6.07) is 0. The largest absolute Gasteiger partial charge is 0.294 e. The number of hydrogen-bond acceptors (Lipinski definition) is 1. The molecule has 1 aliphatic carbocycles. The minimum Gasteiger partial charge on any atom is -0.294 e. The molecule has 0 fully saturated rings. The van der Waals surface area contributed by atoms with Crippen molar-refractivity contribution in [3.05, 3.63) is 23.8 Å². The highest BCUT2D eigenvalue weighted by molar-refractivity contribution is 5.95. The Bertz CT molecular complexity index is 231. The number of rotatable bonds is 0. The zero-order valence-electron chi connectivity index (χ0n) is 7.35. The molecule has 0 N–H and O–H groups in total. The van der Waals surface area contributed by atoms with E-state index in [9.17, 15) is 4.79 Å². The first-order valence-electron chi connectivity index (χ1n) is 3.91. The summed E-state index contributed by atoms with van der Waals surface area (Å²) in [5.41, 5.74) is 1.07. The van der Waals surface area contributed by atoms with E-state index in [1.807, 2.05) is 26.0 Å². The summed E-state index contributed by atoms with van der Waals surface area (Å²) in [6.07, 6.45) is 6.38. The van der Waals surface area contributed by atoms with E-state index in [2.05, 4.69) is 6.92 Å². The van der Waals surface area contributed by atoms with Crippen molar-refractivity contribution in [1.29, 1.82) is 0 Å². The van der Waals surface area contributed by atoms with E-state index in [0.29, 0.717) is 0 Å². The molecule has 0 radical (unpaired) electrons. The van der Waals surface area contributed by atoms with E-state index >= 15 is 0 Å². The lowest BCUT2D eigenvalue weighted by atomic mass is 9.83. The van der Waals surface area contributed by atoms with Gasteiger partial charge in [0.1, 0.15) is 0 Å². The van der Waals surface area contributed by atoms with Gasteiger partial charge in [-0.05, 0) is 19.4 Å². The van der Waals surface area contributed by atoms with Crippen molar-refractivity contribution in [2.75, 3.05) is 0 Å². The standard InChI is InChI=1S/C10H14O/c1-8-5-4-6-9(11)10(2,3)7-8/h4-6H,7H2,1-3H3. The van der Waals surface area contributed by atoms with Crippen molar-refractivity contribution in [2.45, 2.75) is 27.2 Å². The van der Waals surface area contributed by atoms with E-state index in [1.165, 1.54) is 5.57 Å². The highest BCUT2D eigenvalue weighted by Gasteiger charge is 2.26. The molecular weight excluding hydrogens is 136 g/mol. The van der Waals surface area contributed by atoms with Crippen LogP contribution in [0.1, 0.15) is 27.2 Å². The quantitative estimate of drug-likeness (QED) is 0.518. The van der Waals surface area contributed by atoms with Crippen LogP contribution in [0.25, 0.3) is 0 Å². The number of hydrogen-bond donors (Lipinski definition) is 0. The third-order valence-electron chi connectivity index (χ3n) is 2.02. The Labute approximate surface area is 67.8 Å².